The van der Waals surface area contributed by atoms with Gasteiger partial charge in [-0.15, -0.1) is 0 Å². The van der Waals surface area contributed by atoms with E-state index in [4.69, 9.17) is 4.74 Å². The van der Waals surface area contributed by atoms with Gasteiger partial charge in [-0.2, -0.15) is 11.8 Å². The van der Waals surface area contributed by atoms with Crippen LogP contribution in [0.2, 0.25) is 0 Å². The first kappa shape index (κ1) is 18.0. The van der Waals surface area contributed by atoms with E-state index in [0.717, 1.165) is 50.8 Å². The second kappa shape index (κ2) is 7.08. The maximum Gasteiger partial charge on any atom is 0.230 e. The number of rotatable bonds is 4. The molecule has 148 valence electrons. The average Bonchev–Trinajstić information content (AvgIpc) is 3.35. The summed E-state index contributed by atoms with van der Waals surface area (Å²) in [4.78, 5) is 32.8. The Labute approximate surface area is 165 Å². The Morgan fingerprint density at radius 3 is 2.70 bits per heavy atom. The molecule has 0 radical (unpaired) electrons. The first-order valence-electron chi connectivity index (χ1n) is 10.4. The molecule has 5 aliphatic heterocycles. The summed E-state index contributed by atoms with van der Waals surface area (Å²) in [6.45, 7) is 6.17. The Balaban J connectivity index is 1.29. The van der Waals surface area contributed by atoms with Crippen LogP contribution in [0.1, 0.15) is 19.3 Å². The van der Waals surface area contributed by atoms with Crippen molar-refractivity contribution in [3.63, 3.8) is 0 Å². The molecule has 4 saturated heterocycles. The Morgan fingerprint density at radius 2 is 1.93 bits per heavy atom. The van der Waals surface area contributed by atoms with Gasteiger partial charge in [0.25, 0.3) is 0 Å². The quantitative estimate of drug-likeness (QED) is 0.665. The largest absolute Gasteiger partial charge is 0.360 e. The van der Waals surface area contributed by atoms with Gasteiger partial charge in [-0.1, -0.05) is 18.6 Å². The summed E-state index contributed by atoms with van der Waals surface area (Å²) >= 11 is 1.89. The summed E-state index contributed by atoms with van der Waals surface area (Å²) < 4.78 is 6.26. The highest BCUT2D eigenvalue weighted by atomic mass is 32.2. The lowest BCUT2D eigenvalue weighted by Crippen LogP contribution is -2.48. The van der Waals surface area contributed by atoms with E-state index >= 15 is 0 Å². The number of likely N-dealkylation sites (tertiary alicyclic amines) is 2. The van der Waals surface area contributed by atoms with Gasteiger partial charge in [0.05, 0.1) is 24.5 Å². The van der Waals surface area contributed by atoms with Crippen LogP contribution in [0, 0.1) is 11.8 Å². The molecule has 5 heterocycles. The van der Waals surface area contributed by atoms with Crippen molar-refractivity contribution >= 4 is 23.6 Å². The number of hydrogen-bond donors (Lipinski definition) is 0. The van der Waals surface area contributed by atoms with Crippen molar-refractivity contribution in [2.24, 2.45) is 11.8 Å². The summed E-state index contributed by atoms with van der Waals surface area (Å²) in [5.74, 6) is 1.59. The van der Waals surface area contributed by atoms with E-state index < -0.39 is 5.60 Å². The predicted octanol–water partition coefficient (Wildman–Crippen LogP) is 0.830. The minimum absolute atomic E-state index is 0.128. The van der Waals surface area contributed by atoms with Crippen molar-refractivity contribution in [2.45, 2.75) is 31.0 Å². The van der Waals surface area contributed by atoms with Crippen LogP contribution >= 0.6 is 11.8 Å². The zero-order chi connectivity index (χ0) is 18.4. The van der Waals surface area contributed by atoms with Crippen LogP contribution < -0.4 is 0 Å². The highest BCUT2D eigenvalue weighted by Crippen LogP contribution is 2.52. The first-order valence-corrected chi connectivity index (χ1v) is 11.6. The second-order valence-electron chi connectivity index (χ2n) is 8.50. The lowest BCUT2D eigenvalue weighted by Gasteiger charge is -2.32. The third kappa shape index (κ3) is 3.02. The summed E-state index contributed by atoms with van der Waals surface area (Å²) in [7, 11) is 0. The van der Waals surface area contributed by atoms with Crippen molar-refractivity contribution in [1.82, 2.24) is 14.7 Å². The number of nitrogens with zero attached hydrogens (tertiary/aromatic N) is 3. The van der Waals surface area contributed by atoms with Crippen molar-refractivity contribution in [1.29, 1.82) is 0 Å². The molecular weight excluding hydrogens is 362 g/mol. The van der Waals surface area contributed by atoms with Crippen LogP contribution in [0.3, 0.4) is 0 Å². The lowest BCUT2D eigenvalue weighted by molar-refractivity contribution is -0.143. The fourth-order valence-electron chi connectivity index (χ4n) is 5.49. The number of thioether (sulfide) groups is 1. The smallest absolute Gasteiger partial charge is 0.230 e. The lowest BCUT2D eigenvalue weighted by atomic mass is 9.76. The second-order valence-corrected chi connectivity index (χ2v) is 9.72. The van der Waals surface area contributed by atoms with Crippen molar-refractivity contribution in [2.75, 3.05) is 57.3 Å². The minimum atomic E-state index is -0.561. The van der Waals surface area contributed by atoms with E-state index in [0.29, 0.717) is 6.54 Å². The SMILES string of the molecule is O=C([C@H]1[C@@H]2C=C[C@@]3(CN(CCN4CCCCC4)C(=O)[C@@H]13)O2)N1CCSCC1. The van der Waals surface area contributed by atoms with Gasteiger partial charge < -0.3 is 19.4 Å². The van der Waals surface area contributed by atoms with Gasteiger partial charge >= 0.3 is 0 Å². The molecule has 1 spiro atoms. The number of ether oxygens (including phenoxy) is 1. The fourth-order valence-corrected chi connectivity index (χ4v) is 6.39. The van der Waals surface area contributed by atoms with E-state index in [1.807, 2.05) is 27.6 Å². The Kier molecular flexibility index (Phi) is 4.72. The molecule has 0 aliphatic carbocycles. The maximum absolute atomic E-state index is 13.3. The number of carbonyl (C=O) groups is 2. The van der Waals surface area contributed by atoms with Crippen LogP contribution in [0.5, 0.6) is 0 Å². The molecule has 0 unspecified atom stereocenters. The van der Waals surface area contributed by atoms with E-state index in [9.17, 15) is 9.59 Å². The molecule has 5 aliphatic rings. The summed E-state index contributed by atoms with van der Waals surface area (Å²) in [6.07, 6.45) is 7.72. The standard InChI is InChI=1S/C20H29N3O3S/c24-18(22-10-12-27-13-11-22)16-15-4-5-20(26-15)14-23(19(25)17(16)20)9-8-21-6-2-1-3-7-21/h4-5,15-17H,1-3,6-14H2/t15-,16-,17+,20-/m0/s1. The topological polar surface area (TPSA) is 53.1 Å². The molecule has 27 heavy (non-hydrogen) atoms. The minimum Gasteiger partial charge on any atom is -0.360 e. The summed E-state index contributed by atoms with van der Waals surface area (Å²) in [5.41, 5.74) is -0.561. The number of hydrogen-bond acceptors (Lipinski definition) is 5. The van der Waals surface area contributed by atoms with Crippen LogP contribution in [0.15, 0.2) is 12.2 Å². The van der Waals surface area contributed by atoms with Crippen LogP contribution in [0.4, 0.5) is 0 Å². The molecule has 5 rings (SSSR count). The van der Waals surface area contributed by atoms with Crippen molar-refractivity contribution < 1.29 is 14.3 Å². The monoisotopic (exact) mass is 391 g/mol. The highest BCUT2D eigenvalue weighted by Gasteiger charge is 2.67. The van der Waals surface area contributed by atoms with Crippen LogP contribution in [-0.4, -0.2) is 95.5 Å². The normalized spacial score (nSPS) is 38.7. The van der Waals surface area contributed by atoms with Gasteiger partial charge in [0.1, 0.15) is 5.60 Å². The molecule has 0 aromatic rings. The van der Waals surface area contributed by atoms with E-state index in [1.165, 1.54) is 19.3 Å². The van der Waals surface area contributed by atoms with Gasteiger partial charge in [-0.25, -0.2) is 0 Å². The molecule has 0 aromatic heterocycles. The molecule has 0 N–H and O–H groups in total. The molecule has 2 amide bonds. The Morgan fingerprint density at radius 1 is 1.15 bits per heavy atom. The third-order valence-corrected chi connectivity index (χ3v) is 7.86. The van der Waals surface area contributed by atoms with E-state index in [2.05, 4.69) is 11.0 Å². The number of carbonyl (C=O) groups excluding carboxylic acids is 2. The zero-order valence-electron chi connectivity index (χ0n) is 15.8. The molecule has 2 bridgehead atoms. The fraction of sp³-hybridized carbons (Fsp3) is 0.800. The van der Waals surface area contributed by atoms with Crippen LogP contribution in [0.25, 0.3) is 0 Å². The number of fused-ring (bicyclic) bond motifs is 1. The maximum atomic E-state index is 13.3. The Hall–Kier alpha value is -1.05. The molecule has 4 atom stereocenters. The molecule has 0 saturated carbocycles. The van der Waals surface area contributed by atoms with E-state index in [-0.39, 0.29) is 29.8 Å². The number of amides is 2. The zero-order valence-corrected chi connectivity index (χ0v) is 16.7. The van der Waals surface area contributed by atoms with Gasteiger partial charge in [-0.05, 0) is 25.9 Å². The molecule has 6 nitrogen and oxygen atoms in total. The molecule has 7 heteroatoms. The Bertz CT molecular complexity index is 644. The van der Waals surface area contributed by atoms with Crippen molar-refractivity contribution in [3.8, 4) is 0 Å². The summed E-state index contributed by atoms with van der Waals surface area (Å²) in [6, 6.07) is 0. The van der Waals surface area contributed by atoms with Gasteiger partial charge in [0, 0.05) is 37.7 Å². The van der Waals surface area contributed by atoms with Gasteiger partial charge in [0.2, 0.25) is 11.8 Å². The number of piperidine rings is 1. The average molecular weight is 392 g/mol. The molecule has 4 fully saturated rings. The summed E-state index contributed by atoms with van der Waals surface area (Å²) in [5, 5.41) is 0. The molecule has 0 aromatic carbocycles. The van der Waals surface area contributed by atoms with Crippen LogP contribution in [-0.2, 0) is 14.3 Å². The predicted molar refractivity (Wildman–Crippen MR) is 105 cm³/mol. The van der Waals surface area contributed by atoms with E-state index in [1.54, 1.807) is 0 Å². The molecular formula is C20H29N3O3S. The van der Waals surface area contributed by atoms with Crippen molar-refractivity contribution in [3.05, 3.63) is 12.2 Å². The van der Waals surface area contributed by atoms with Gasteiger partial charge in [0.15, 0.2) is 0 Å². The first-order chi connectivity index (χ1) is 13.2. The highest BCUT2D eigenvalue weighted by molar-refractivity contribution is 7.99. The third-order valence-electron chi connectivity index (χ3n) is 6.92. The van der Waals surface area contributed by atoms with Gasteiger partial charge in [-0.3, -0.25) is 9.59 Å².